The molecular weight excluding hydrogens is 362 g/mol. The minimum Gasteiger partial charge on any atom is -0.496 e. The molecule has 1 amide bonds. The van der Waals surface area contributed by atoms with Crippen molar-refractivity contribution in [2.45, 2.75) is 18.8 Å². The van der Waals surface area contributed by atoms with Crippen LogP contribution in [0.25, 0.3) is 11.1 Å². The Morgan fingerprint density at radius 1 is 1.25 bits per heavy atom. The summed E-state index contributed by atoms with van der Waals surface area (Å²) in [6.45, 7) is 1.04. The predicted octanol–water partition coefficient (Wildman–Crippen LogP) is 3.76. The Morgan fingerprint density at radius 3 is 2.68 bits per heavy atom. The number of methoxy groups -OCH3 is 1. The number of likely N-dealkylation sites (tertiary alicyclic amines) is 1. The van der Waals surface area contributed by atoms with Crippen LogP contribution in [0.3, 0.4) is 0 Å². The van der Waals surface area contributed by atoms with Gasteiger partial charge in [-0.3, -0.25) is 14.9 Å². The van der Waals surface area contributed by atoms with E-state index < -0.39 is 4.92 Å². The minimum atomic E-state index is -0.518. The number of carbonyl (C=O) groups excluding carboxylic acids is 1. The van der Waals surface area contributed by atoms with Gasteiger partial charge in [0.25, 0.3) is 11.6 Å². The number of carbonyl (C=O) groups is 1. The number of para-hydroxylation sites is 2. The fraction of sp³-hybridized carbons (Fsp3) is 0.300. The van der Waals surface area contributed by atoms with Gasteiger partial charge in [-0.15, -0.1) is 0 Å². The Balaban J connectivity index is 1.49. The number of nitrogens with zero attached hydrogens (tertiary/aromatic N) is 3. The summed E-state index contributed by atoms with van der Waals surface area (Å²) in [4.78, 5) is 29.7. The van der Waals surface area contributed by atoms with Gasteiger partial charge in [-0.1, -0.05) is 12.1 Å². The zero-order valence-corrected chi connectivity index (χ0v) is 15.3. The summed E-state index contributed by atoms with van der Waals surface area (Å²) < 4.78 is 11.1. The van der Waals surface area contributed by atoms with Gasteiger partial charge in [-0.05, 0) is 31.0 Å². The molecule has 28 heavy (non-hydrogen) atoms. The number of rotatable bonds is 4. The van der Waals surface area contributed by atoms with E-state index in [4.69, 9.17) is 9.15 Å². The molecule has 3 aromatic rings. The highest BCUT2D eigenvalue weighted by Gasteiger charge is 2.29. The number of nitro groups is 1. The molecule has 0 N–H and O–H groups in total. The zero-order chi connectivity index (χ0) is 19.7. The molecule has 0 bridgehead atoms. The van der Waals surface area contributed by atoms with Crippen molar-refractivity contribution in [2.24, 2.45) is 0 Å². The van der Waals surface area contributed by atoms with Gasteiger partial charge >= 0.3 is 0 Å². The second-order valence-corrected chi connectivity index (χ2v) is 6.73. The van der Waals surface area contributed by atoms with Crippen LogP contribution in [0.1, 0.15) is 35.0 Å². The number of benzene rings is 2. The number of ether oxygens (including phenoxy) is 1. The maximum Gasteiger partial charge on any atom is 0.270 e. The van der Waals surface area contributed by atoms with Crippen LogP contribution in [-0.4, -0.2) is 40.9 Å². The highest BCUT2D eigenvalue weighted by molar-refractivity contribution is 5.97. The Labute approximate surface area is 160 Å². The number of fused-ring (bicyclic) bond motifs is 1. The number of aromatic nitrogens is 1. The molecule has 4 rings (SSSR count). The molecule has 8 nitrogen and oxygen atoms in total. The van der Waals surface area contributed by atoms with Crippen molar-refractivity contribution in [3.63, 3.8) is 0 Å². The molecule has 1 aromatic heterocycles. The largest absolute Gasteiger partial charge is 0.496 e. The Kier molecular flexibility index (Phi) is 4.68. The van der Waals surface area contributed by atoms with Gasteiger partial charge in [0.05, 0.1) is 17.6 Å². The average Bonchev–Trinajstić information content (AvgIpc) is 3.17. The molecular formula is C20H19N3O5. The van der Waals surface area contributed by atoms with E-state index in [-0.39, 0.29) is 23.1 Å². The fourth-order valence-electron chi connectivity index (χ4n) is 3.54. The first-order valence-electron chi connectivity index (χ1n) is 9.04. The van der Waals surface area contributed by atoms with Crippen LogP contribution in [0.2, 0.25) is 0 Å². The molecule has 0 spiro atoms. The highest BCUT2D eigenvalue weighted by Crippen LogP contribution is 2.32. The molecule has 2 heterocycles. The molecule has 1 aliphatic rings. The second kappa shape index (κ2) is 7.30. The molecule has 1 saturated heterocycles. The van der Waals surface area contributed by atoms with E-state index in [0.717, 1.165) is 23.9 Å². The van der Waals surface area contributed by atoms with Crippen LogP contribution in [0.15, 0.2) is 46.9 Å². The summed E-state index contributed by atoms with van der Waals surface area (Å²) in [5, 5.41) is 11.0. The number of amides is 1. The van der Waals surface area contributed by atoms with E-state index in [1.165, 1.54) is 25.3 Å². The van der Waals surface area contributed by atoms with Crippen molar-refractivity contribution in [1.82, 2.24) is 9.88 Å². The molecule has 2 aromatic carbocycles. The van der Waals surface area contributed by atoms with Gasteiger partial charge in [0, 0.05) is 31.1 Å². The smallest absolute Gasteiger partial charge is 0.270 e. The lowest BCUT2D eigenvalue weighted by atomic mass is 9.96. The molecule has 0 atom stereocenters. The Hall–Kier alpha value is -3.42. The maximum absolute atomic E-state index is 12.9. The lowest BCUT2D eigenvalue weighted by molar-refractivity contribution is -0.384. The SMILES string of the molecule is COc1ccc([N+](=O)[O-])cc1C(=O)N1CCC(c2nc3ccccc3o2)CC1. The van der Waals surface area contributed by atoms with E-state index >= 15 is 0 Å². The van der Waals surface area contributed by atoms with Crippen LogP contribution >= 0.6 is 0 Å². The van der Waals surface area contributed by atoms with Gasteiger partial charge in [-0.25, -0.2) is 4.98 Å². The summed E-state index contributed by atoms with van der Waals surface area (Å²) in [5.74, 6) is 0.901. The van der Waals surface area contributed by atoms with Crippen LogP contribution in [0.4, 0.5) is 5.69 Å². The summed E-state index contributed by atoms with van der Waals surface area (Å²) in [6.07, 6.45) is 1.44. The summed E-state index contributed by atoms with van der Waals surface area (Å²) >= 11 is 0. The second-order valence-electron chi connectivity index (χ2n) is 6.73. The first-order chi connectivity index (χ1) is 13.6. The van der Waals surface area contributed by atoms with Crippen molar-refractivity contribution in [1.29, 1.82) is 0 Å². The number of oxazole rings is 1. The third-order valence-electron chi connectivity index (χ3n) is 5.07. The van der Waals surface area contributed by atoms with Crippen molar-refractivity contribution in [3.8, 4) is 5.75 Å². The minimum absolute atomic E-state index is 0.134. The lowest BCUT2D eigenvalue weighted by Gasteiger charge is -2.31. The van der Waals surface area contributed by atoms with Crippen LogP contribution in [0.5, 0.6) is 5.75 Å². The van der Waals surface area contributed by atoms with Crippen molar-refractivity contribution >= 4 is 22.7 Å². The van der Waals surface area contributed by atoms with Gasteiger partial charge < -0.3 is 14.1 Å². The van der Waals surface area contributed by atoms with Crippen molar-refractivity contribution in [2.75, 3.05) is 20.2 Å². The number of non-ortho nitro benzene ring substituents is 1. The van der Waals surface area contributed by atoms with E-state index in [9.17, 15) is 14.9 Å². The lowest BCUT2D eigenvalue weighted by Crippen LogP contribution is -2.38. The summed E-state index contributed by atoms with van der Waals surface area (Å²) in [5.41, 5.74) is 1.66. The van der Waals surface area contributed by atoms with Crippen LogP contribution in [0, 0.1) is 10.1 Å². The van der Waals surface area contributed by atoms with Gasteiger partial charge in [0.1, 0.15) is 11.3 Å². The van der Waals surface area contributed by atoms with E-state index in [2.05, 4.69) is 4.98 Å². The quantitative estimate of drug-likeness (QED) is 0.504. The first-order valence-corrected chi connectivity index (χ1v) is 9.04. The predicted molar refractivity (Wildman–Crippen MR) is 102 cm³/mol. The van der Waals surface area contributed by atoms with Crippen molar-refractivity contribution < 1.29 is 18.9 Å². The van der Waals surface area contributed by atoms with E-state index in [1.807, 2.05) is 24.3 Å². The first kappa shape index (κ1) is 18.0. The van der Waals surface area contributed by atoms with Crippen LogP contribution < -0.4 is 4.74 Å². The van der Waals surface area contributed by atoms with Gasteiger partial charge in [0.15, 0.2) is 11.5 Å². The monoisotopic (exact) mass is 381 g/mol. The third kappa shape index (κ3) is 3.28. The van der Waals surface area contributed by atoms with E-state index in [0.29, 0.717) is 24.7 Å². The number of hydrogen-bond acceptors (Lipinski definition) is 6. The topological polar surface area (TPSA) is 98.7 Å². The standard InChI is InChI=1S/C20H19N3O5/c1-27-17-7-6-14(23(25)26)12-15(17)20(24)22-10-8-13(9-11-22)19-21-16-4-2-3-5-18(16)28-19/h2-7,12-13H,8-11H2,1H3. The molecule has 0 unspecified atom stereocenters. The molecule has 8 heteroatoms. The molecule has 1 aliphatic heterocycles. The normalized spacial score (nSPS) is 15.0. The number of piperidine rings is 1. The zero-order valence-electron chi connectivity index (χ0n) is 15.3. The molecule has 1 fully saturated rings. The van der Waals surface area contributed by atoms with E-state index in [1.54, 1.807) is 4.90 Å². The maximum atomic E-state index is 12.9. The Bertz CT molecular complexity index is 1000. The molecule has 0 aliphatic carbocycles. The van der Waals surface area contributed by atoms with Gasteiger partial charge in [0.2, 0.25) is 0 Å². The Morgan fingerprint density at radius 2 is 2.00 bits per heavy atom. The van der Waals surface area contributed by atoms with Gasteiger partial charge in [-0.2, -0.15) is 0 Å². The van der Waals surface area contributed by atoms with Crippen molar-refractivity contribution in [3.05, 3.63) is 64.0 Å². The summed E-state index contributed by atoms with van der Waals surface area (Å²) in [7, 11) is 1.44. The molecule has 0 saturated carbocycles. The molecule has 0 radical (unpaired) electrons. The number of hydrogen-bond donors (Lipinski definition) is 0. The average molecular weight is 381 g/mol. The highest BCUT2D eigenvalue weighted by atomic mass is 16.6. The number of nitro benzene ring substituents is 1. The third-order valence-corrected chi connectivity index (χ3v) is 5.07. The molecule has 144 valence electrons. The van der Waals surface area contributed by atoms with Crippen LogP contribution in [-0.2, 0) is 0 Å². The fourth-order valence-corrected chi connectivity index (χ4v) is 3.54. The summed E-state index contributed by atoms with van der Waals surface area (Å²) in [6, 6.07) is 11.7.